The van der Waals surface area contributed by atoms with Crippen LogP contribution >= 0.6 is 0 Å². The zero-order valence-corrected chi connectivity index (χ0v) is 6.63. The lowest BCUT2D eigenvalue weighted by Gasteiger charge is -2.29. The molecule has 6 heteroatoms. The van der Waals surface area contributed by atoms with Crippen molar-refractivity contribution in [2.24, 2.45) is 11.5 Å². The van der Waals surface area contributed by atoms with Crippen LogP contribution in [0.4, 0.5) is 8.78 Å². The second-order valence-electron chi connectivity index (χ2n) is 2.55. The van der Waals surface area contributed by atoms with E-state index < -0.39 is 24.0 Å². The van der Waals surface area contributed by atoms with E-state index in [2.05, 4.69) is 0 Å². The molecule has 0 bridgehead atoms. The predicted molar refractivity (Wildman–Crippen MR) is 38.8 cm³/mol. The maximum absolute atomic E-state index is 12.2. The average Bonchev–Trinajstić information content (AvgIpc) is 2.00. The summed E-state index contributed by atoms with van der Waals surface area (Å²) >= 11 is 0. The van der Waals surface area contributed by atoms with Gasteiger partial charge in [0.2, 0.25) is 0 Å². The van der Waals surface area contributed by atoms with Crippen molar-refractivity contribution < 1.29 is 18.7 Å². The van der Waals surface area contributed by atoms with Crippen molar-refractivity contribution in [3.05, 3.63) is 0 Å². The van der Waals surface area contributed by atoms with Gasteiger partial charge in [-0.1, -0.05) is 6.92 Å². The number of carboxylic acids is 1. The molecule has 4 nitrogen and oxygen atoms in total. The molecular formula is C6H12F2N2O2. The number of hydrogen-bond acceptors (Lipinski definition) is 3. The van der Waals surface area contributed by atoms with E-state index in [9.17, 15) is 13.6 Å². The Balaban J connectivity index is 4.74. The highest BCUT2D eigenvalue weighted by molar-refractivity contribution is 5.80. The molecule has 5 N–H and O–H groups in total. The van der Waals surface area contributed by atoms with Gasteiger partial charge < -0.3 is 16.6 Å². The van der Waals surface area contributed by atoms with Gasteiger partial charge in [0.15, 0.2) is 5.54 Å². The number of alkyl halides is 2. The largest absolute Gasteiger partial charge is 0.480 e. The molecule has 2 atom stereocenters. The van der Waals surface area contributed by atoms with E-state index in [1.165, 1.54) is 6.92 Å². The van der Waals surface area contributed by atoms with Crippen LogP contribution in [0.3, 0.4) is 0 Å². The van der Waals surface area contributed by atoms with E-state index in [0.29, 0.717) is 0 Å². The van der Waals surface area contributed by atoms with E-state index in [-0.39, 0.29) is 6.42 Å². The molecule has 0 aliphatic rings. The molecular weight excluding hydrogens is 170 g/mol. The van der Waals surface area contributed by atoms with E-state index >= 15 is 0 Å². The van der Waals surface area contributed by atoms with Gasteiger partial charge in [0.05, 0.1) is 0 Å². The first kappa shape index (κ1) is 11.2. The van der Waals surface area contributed by atoms with Crippen LogP contribution in [0, 0.1) is 0 Å². The number of halogens is 2. The first-order valence-corrected chi connectivity index (χ1v) is 3.43. The third kappa shape index (κ3) is 1.70. The van der Waals surface area contributed by atoms with Crippen molar-refractivity contribution in [1.82, 2.24) is 0 Å². The van der Waals surface area contributed by atoms with Gasteiger partial charge in [-0.15, -0.1) is 0 Å². The van der Waals surface area contributed by atoms with Crippen molar-refractivity contribution in [2.45, 2.75) is 31.4 Å². The van der Waals surface area contributed by atoms with Crippen molar-refractivity contribution in [1.29, 1.82) is 0 Å². The normalized spacial score (nSPS) is 18.8. The number of carboxylic acid groups (broad SMARTS) is 1. The molecule has 0 aliphatic heterocycles. The molecule has 0 radical (unpaired) electrons. The summed E-state index contributed by atoms with van der Waals surface area (Å²) in [7, 11) is 0. The summed E-state index contributed by atoms with van der Waals surface area (Å²) < 4.78 is 24.4. The summed E-state index contributed by atoms with van der Waals surface area (Å²) in [6, 6.07) is -1.24. The summed E-state index contributed by atoms with van der Waals surface area (Å²) in [5, 5.41) is 8.42. The van der Waals surface area contributed by atoms with E-state index in [1.807, 2.05) is 0 Å². The molecule has 0 aromatic carbocycles. The van der Waals surface area contributed by atoms with E-state index in [1.54, 1.807) is 0 Å². The number of hydrogen-bond donors (Lipinski definition) is 3. The smallest absolute Gasteiger partial charge is 0.331 e. The fraction of sp³-hybridized carbons (Fsp3) is 0.833. The number of carbonyl (C=O) groups is 1. The van der Waals surface area contributed by atoms with Crippen LogP contribution in [-0.4, -0.2) is 29.1 Å². The molecule has 0 aliphatic carbocycles. The quantitative estimate of drug-likeness (QED) is 0.560. The van der Waals surface area contributed by atoms with Crippen LogP contribution in [0.1, 0.15) is 13.3 Å². The molecule has 0 aromatic rings. The van der Waals surface area contributed by atoms with Crippen molar-refractivity contribution >= 4 is 5.97 Å². The minimum atomic E-state index is -3.16. The van der Waals surface area contributed by atoms with Crippen molar-refractivity contribution in [3.63, 3.8) is 0 Å². The number of nitrogens with two attached hydrogens (primary N) is 2. The highest BCUT2D eigenvalue weighted by atomic mass is 19.3. The molecule has 72 valence electrons. The minimum absolute atomic E-state index is 0.0904. The lowest BCUT2D eigenvalue weighted by atomic mass is 9.90. The van der Waals surface area contributed by atoms with Gasteiger partial charge in [0, 0.05) is 6.04 Å². The van der Waals surface area contributed by atoms with Gasteiger partial charge in [0.25, 0.3) is 6.43 Å². The van der Waals surface area contributed by atoms with Gasteiger partial charge in [-0.2, -0.15) is 0 Å². The first-order valence-electron chi connectivity index (χ1n) is 3.43. The molecule has 0 saturated carbocycles. The fourth-order valence-corrected chi connectivity index (χ4v) is 0.752. The van der Waals surface area contributed by atoms with Crippen molar-refractivity contribution in [3.8, 4) is 0 Å². The summed E-state index contributed by atoms with van der Waals surface area (Å²) in [6.07, 6.45) is -3.07. The second kappa shape index (κ2) is 3.77. The van der Waals surface area contributed by atoms with Gasteiger partial charge in [0.1, 0.15) is 0 Å². The Hall–Kier alpha value is -0.750. The molecule has 0 spiro atoms. The Bertz CT molecular complexity index is 177. The van der Waals surface area contributed by atoms with Gasteiger partial charge >= 0.3 is 5.97 Å². The van der Waals surface area contributed by atoms with Crippen LogP contribution in [0.15, 0.2) is 0 Å². The maximum Gasteiger partial charge on any atom is 0.331 e. The Labute approximate surface area is 68.5 Å². The zero-order valence-electron chi connectivity index (χ0n) is 6.63. The minimum Gasteiger partial charge on any atom is -0.480 e. The molecule has 0 fully saturated rings. The van der Waals surface area contributed by atoms with Gasteiger partial charge in [-0.25, -0.2) is 13.6 Å². The zero-order chi connectivity index (χ0) is 9.94. The maximum atomic E-state index is 12.2. The third-order valence-electron chi connectivity index (χ3n) is 1.78. The summed E-state index contributed by atoms with van der Waals surface area (Å²) in [5.41, 5.74) is 7.50. The van der Waals surface area contributed by atoms with Crippen molar-refractivity contribution in [2.75, 3.05) is 0 Å². The molecule has 0 heterocycles. The van der Waals surface area contributed by atoms with Crippen LogP contribution in [0.25, 0.3) is 0 Å². The molecule has 0 rings (SSSR count). The summed E-state index contributed by atoms with van der Waals surface area (Å²) in [5.74, 6) is -1.77. The number of rotatable bonds is 4. The topological polar surface area (TPSA) is 89.3 Å². The Kier molecular flexibility index (Phi) is 3.54. The Morgan fingerprint density at radius 2 is 2.08 bits per heavy atom. The number of aliphatic carboxylic acids is 1. The Morgan fingerprint density at radius 3 is 2.17 bits per heavy atom. The molecule has 0 aromatic heterocycles. The van der Waals surface area contributed by atoms with E-state index in [0.717, 1.165) is 0 Å². The van der Waals surface area contributed by atoms with Gasteiger partial charge in [-0.3, -0.25) is 0 Å². The highest BCUT2D eigenvalue weighted by Gasteiger charge is 2.48. The SMILES string of the molecule is CCC(N)C(N)(C(=O)O)C(F)F. The van der Waals surface area contributed by atoms with Gasteiger partial charge in [-0.05, 0) is 6.42 Å². The molecule has 2 unspecified atom stereocenters. The lowest BCUT2D eigenvalue weighted by Crippen LogP contribution is -2.65. The van der Waals surface area contributed by atoms with Crippen LogP contribution in [0.2, 0.25) is 0 Å². The highest BCUT2D eigenvalue weighted by Crippen LogP contribution is 2.18. The summed E-state index contributed by atoms with van der Waals surface area (Å²) in [6.45, 7) is 1.50. The van der Waals surface area contributed by atoms with Crippen LogP contribution in [0.5, 0.6) is 0 Å². The fourth-order valence-electron chi connectivity index (χ4n) is 0.752. The first-order chi connectivity index (χ1) is 5.37. The summed E-state index contributed by atoms with van der Waals surface area (Å²) in [4.78, 5) is 10.4. The lowest BCUT2D eigenvalue weighted by molar-refractivity contribution is -0.151. The standard InChI is InChI=1S/C6H12F2N2O2/c1-2-3(9)6(10,4(7)8)5(11)12/h3-4H,2,9-10H2,1H3,(H,11,12). The Morgan fingerprint density at radius 1 is 1.67 bits per heavy atom. The van der Waals surface area contributed by atoms with Crippen LogP contribution < -0.4 is 11.5 Å². The molecule has 12 heavy (non-hydrogen) atoms. The molecule has 0 saturated heterocycles. The predicted octanol–water partition coefficient (Wildman–Crippen LogP) is -0.229. The van der Waals surface area contributed by atoms with Crippen LogP contribution in [-0.2, 0) is 4.79 Å². The average molecular weight is 182 g/mol. The monoisotopic (exact) mass is 182 g/mol. The second-order valence-corrected chi connectivity index (χ2v) is 2.55. The van der Waals surface area contributed by atoms with E-state index in [4.69, 9.17) is 16.6 Å². The molecule has 0 amide bonds. The third-order valence-corrected chi connectivity index (χ3v) is 1.78.